The molecule has 0 radical (unpaired) electrons. The van der Waals surface area contributed by atoms with E-state index in [1.54, 1.807) is 47.4 Å². The van der Waals surface area contributed by atoms with E-state index in [1.807, 2.05) is 13.8 Å². The van der Waals surface area contributed by atoms with Gasteiger partial charge in [-0.15, -0.1) is 12.4 Å². The molecule has 2 amide bonds. The Bertz CT molecular complexity index is 1080. The fraction of sp³-hybridized carbons (Fsp3) is 0.375. The Balaban J connectivity index is 0.00000324. The minimum Gasteiger partial charge on any atom is -0.378 e. The Morgan fingerprint density at radius 1 is 1.24 bits per heavy atom. The maximum absolute atomic E-state index is 13.2. The van der Waals surface area contributed by atoms with Gasteiger partial charge in [0.1, 0.15) is 0 Å². The predicted molar refractivity (Wildman–Crippen MR) is 136 cm³/mol. The quantitative estimate of drug-likeness (QED) is 0.511. The van der Waals surface area contributed by atoms with Crippen molar-refractivity contribution in [1.82, 2.24) is 10.2 Å². The minimum absolute atomic E-state index is 0. The van der Waals surface area contributed by atoms with Crippen LogP contribution in [0.3, 0.4) is 0 Å². The summed E-state index contributed by atoms with van der Waals surface area (Å²) in [6.07, 6.45) is 1.58. The molecule has 7 nitrogen and oxygen atoms in total. The molecule has 3 atom stereocenters. The molecular formula is C24H27Cl3N4O3. The lowest BCUT2D eigenvalue weighted by Crippen LogP contribution is -2.63. The second kappa shape index (κ2) is 10.5. The smallest absolute Gasteiger partial charge is 0.255 e. The Labute approximate surface area is 215 Å². The third-order valence-corrected chi connectivity index (χ3v) is 6.84. The van der Waals surface area contributed by atoms with Crippen molar-refractivity contribution in [2.75, 3.05) is 11.9 Å². The monoisotopic (exact) mass is 524 g/mol. The first-order valence-electron chi connectivity index (χ1n) is 10.8. The second-order valence-electron chi connectivity index (χ2n) is 8.73. The third kappa shape index (κ3) is 5.33. The van der Waals surface area contributed by atoms with Gasteiger partial charge in [0.25, 0.3) is 5.91 Å². The molecule has 182 valence electrons. The maximum atomic E-state index is 13.2. The average molecular weight is 526 g/mol. The molecule has 0 unspecified atom stereocenters. The first-order chi connectivity index (χ1) is 15.7. The van der Waals surface area contributed by atoms with E-state index in [4.69, 9.17) is 33.3 Å². The van der Waals surface area contributed by atoms with Crippen LogP contribution in [0.2, 0.25) is 10.0 Å². The van der Waals surface area contributed by atoms with Gasteiger partial charge in [-0.1, -0.05) is 35.3 Å². The van der Waals surface area contributed by atoms with E-state index in [1.165, 1.54) is 0 Å². The van der Waals surface area contributed by atoms with Crippen LogP contribution in [0.4, 0.5) is 5.69 Å². The number of nitrogens with one attached hydrogen (secondary N) is 3. The lowest BCUT2D eigenvalue weighted by molar-refractivity contribution is -0.134. The SMILES string of the molecule is C[C@@H]1C[C@H](N2C(=N)N[C@](C)(c3cccc(NC(=O)c4ccc(Cl)cc4)c3Cl)CC2=O)CCO1.Cl. The Kier molecular flexibility index (Phi) is 8.14. The summed E-state index contributed by atoms with van der Waals surface area (Å²) >= 11 is 12.6. The fourth-order valence-corrected chi connectivity index (χ4v) is 4.99. The normalized spacial score (nSPS) is 24.8. The van der Waals surface area contributed by atoms with E-state index < -0.39 is 5.54 Å². The highest BCUT2D eigenvalue weighted by atomic mass is 35.5. The first kappa shape index (κ1) is 26.3. The van der Waals surface area contributed by atoms with Crippen LogP contribution in [-0.4, -0.2) is 41.4 Å². The van der Waals surface area contributed by atoms with E-state index >= 15 is 0 Å². The molecular weight excluding hydrogens is 499 g/mol. The number of carbonyl (C=O) groups is 2. The van der Waals surface area contributed by atoms with Gasteiger partial charge in [-0.3, -0.25) is 19.9 Å². The molecule has 0 aliphatic carbocycles. The van der Waals surface area contributed by atoms with Crippen LogP contribution < -0.4 is 10.6 Å². The van der Waals surface area contributed by atoms with Crippen molar-refractivity contribution < 1.29 is 14.3 Å². The van der Waals surface area contributed by atoms with Gasteiger partial charge in [0.2, 0.25) is 5.91 Å². The zero-order valence-electron chi connectivity index (χ0n) is 18.9. The van der Waals surface area contributed by atoms with Crippen LogP contribution in [0.1, 0.15) is 49.0 Å². The predicted octanol–water partition coefficient (Wildman–Crippen LogP) is 5.21. The summed E-state index contributed by atoms with van der Waals surface area (Å²) in [5, 5.41) is 15.5. The van der Waals surface area contributed by atoms with Crippen molar-refractivity contribution in [3.8, 4) is 0 Å². The van der Waals surface area contributed by atoms with Crippen molar-refractivity contribution >= 4 is 59.1 Å². The number of hydrogen-bond donors (Lipinski definition) is 3. The molecule has 0 aromatic heterocycles. The summed E-state index contributed by atoms with van der Waals surface area (Å²) in [6.45, 7) is 4.39. The molecule has 2 fully saturated rings. The van der Waals surface area contributed by atoms with E-state index in [-0.39, 0.29) is 48.7 Å². The van der Waals surface area contributed by atoms with Gasteiger partial charge in [-0.2, -0.15) is 0 Å². The molecule has 10 heteroatoms. The van der Waals surface area contributed by atoms with Crippen molar-refractivity contribution in [2.45, 2.75) is 50.8 Å². The van der Waals surface area contributed by atoms with Crippen molar-refractivity contribution in [3.63, 3.8) is 0 Å². The van der Waals surface area contributed by atoms with Crippen LogP contribution in [0.25, 0.3) is 0 Å². The molecule has 2 aromatic rings. The lowest BCUT2D eigenvalue weighted by atomic mass is 9.85. The number of anilines is 1. The Morgan fingerprint density at radius 3 is 2.59 bits per heavy atom. The van der Waals surface area contributed by atoms with Crippen molar-refractivity contribution in [1.29, 1.82) is 5.41 Å². The van der Waals surface area contributed by atoms with E-state index in [0.717, 1.165) is 0 Å². The number of nitrogens with zero attached hydrogens (tertiary/aromatic N) is 1. The van der Waals surface area contributed by atoms with E-state index in [2.05, 4.69) is 10.6 Å². The number of carbonyl (C=O) groups excluding carboxylic acids is 2. The first-order valence-corrected chi connectivity index (χ1v) is 11.6. The fourth-order valence-electron chi connectivity index (χ4n) is 4.49. The zero-order chi connectivity index (χ0) is 23.8. The Morgan fingerprint density at radius 2 is 1.94 bits per heavy atom. The summed E-state index contributed by atoms with van der Waals surface area (Å²) in [4.78, 5) is 27.4. The molecule has 34 heavy (non-hydrogen) atoms. The molecule has 2 aromatic carbocycles. The van der Waals surface area contributed by atoms with Crippen molar-refractivity contribution in [3.05, 3.63) is 63.6 Å². The van der Waals surface area contributed by atoms with Crippen LogP contribution in [-0.2, 0) is 15.1 Å². The minimum atomic E-state index is -0.889. The van der Waals surface area contributed by atoms with Gasteiger partial charge < -0.3 is 15.4 Å². The summed E-state index contributed by atoms with van der Waals surface area (Å²) in [6, 6.07) is 11.8. The maximum Gasteiger partial charge on any atom is 0.255 e. The van der Waals surface area contributed by atoms with E-state index in [0.29, 0.717) is 46.3 Å². The highest BCUT2D eigenvalue weighted by Crippen LogP contribution is 2.38. The number of benzene rings is 2. The van der Waals surface area contributed by atoms with Crippen LogP contribution in [0.5, 0.6) is 0 Å². The highest BCUT2D eigenvalue weighted by molar-refractivity contribution is 6.35. The second-order valence-corrected chi connectivity index (χ2v) is 9.55. The zero-order valence-corrected chi connectivity index (χ0v) is 21.2. The molecule has 2 saturated heterocycles. The number of ether oxygens (including phenoxy) is 1. The molecule has 2 heterocycles. The van der Waals surface area contributed by atoms with Gasteiger partial charge in [0.15, 0.2) is 5.96 Å². The van der Waals surface area contributed by atoms with Gasteiger partial charge in [-0.25, -0.2) is 0 Å². The van der Waals surface area contributed by atoms with E-state index in [9.17, 15) is 9.59 Å². The van der Waals surface area contributed by atoms with Crippen LogP contribution in [0, 0.1) is 5.41 Å². The summed E-state index contributed by atoms with van der Waals surface area (Å²) in [5.41, 5.74) is 0.619. The van der Waals surface area contributed by atoms with Crippen LogP contribution in [0.15, 0.2) is 42.5 Å². The highest BCUT2D eigenvalue weighted by Gasteiger charge is 2.43. The number of rotatable bonds is 4. The molecule has 0 saturated carbocycles. The largest absolute Gasteiger partial charge is 0.378 e. The number of amides is 2. The van der Waals surface area contributed by atoms with Crippen molar-refractivity contribution in [2.24, 2.45) is 0 Å². The van der Waals surface area contributed by atoms with Crippen LogP contribution >= 0.6 is 35.6 Å². The third-order valence-electron chi connectivity index (χ3n) is 6.18. The van der Waals surface area contributed by atoms with Gasteiger partial charge >= 0.3 is 0 Å². The summed E-state index contributed by atoms with van der Waals surface area (Å²) in [7, 11) is 0. The summed E-state index contributed by atoms with van der Waals surface area (Å²) in [5.74, 6) is -0.400. The molecule has 2 aliphatic rings. The molecule has 2 aliphatic heterocycles. The van der Waals surface area contributed by atoms with Gasteiger partial charge in [-0.05, 0) is 62.6 Å². The van der Waals surface area contributed by atoms with Gasteiger partial charge in [0, 0.05) is 23.2 Å². The Hall–Kier alpha value is -2.32. The molecule has 3 N–H and O–H groups in total. The lowest BCUT2D eigenvalue weighted by Gasteiger charge is -2.45. The summed E-state index contributed by atoms with van der Waals surface area (Å²) < 4.78 is 5.59. The number of guanidine groups is 1. The average Bonchev–Trinajstić information content (AvgIpc) is 2.75. The molecule has 0 spiro atoms. The topological polar surface area (TPSA) is 94.5 Å². The number of halogens is 3. The molecule has 0 bridgehead atoms. The standard InChI is InChI=1S/C24H26Cl2N4O3.ClH/c1-14-12-17(10-11-33-14)30-20(31)13-24(2,29-23(30)27)18-4-3-5-19(21(18)26)28-22(32)15-6-8-16(25)9-7-15;/h3-9,14,17H,10-13H2,1-2H3,(H2,27,29)(H,28,32);1H/t14-,17-,24+;/m1./s1. The molecule has 4 rings (SSSR count). The number of hydrogen-bond acceptors (Lipinski definition) is 4. The van der Waals surface area contributed by atoms with Gasteiger partial charge in [0.05, 0.1) is 28.8 Å².